The van der Waals surface area contributed by atoms with Gasteiger partial charge in [0, 0.05) is 16.9 Å². The molecule has 0 radical (unpaired) electrons. The molecule has 0 spiro atoms. The number of carbonyl (C=O) groups excluding carboxylic acids is 2. The summed E-state index contributed by atoms with van der Waals surface area (Å²) < 4.78 is 0. The first-order valence-electron chi connectivity index (χ1n) is 11.2. The van der Waals surface area contributed by atoms with E-state index in [0.29, 0.717) is 27.8 Å². The molecule has 0 bridgehead atoms. The van der Waals surface area contributed by atoms with Crippen LogP contribution in [0.4, 0.5) is 11.4 Å². The van der Waals surface area contributed by atoms with Crippen LogP contribution in [0, 0.1) is 6.92 Å². The number of halogens is 3. The van der Waals surface area contributed by atoms with Crippen molar-refractivity contribution in [1.29, 1.82) is 0 Å². The van der Waals surface area contributed by atoms with Crippen LogP contribution in [0.3, 0.4) is 0 Å². The van der Waals surface area contributed by atoms with Crippen molar-refractivity contribution in [2.75, 3.05) is 10.6 Å². The van der Waals surface area contributed by atoms with Crippen molar-refractivity contribution in [1.82, 2.24) is 9.97 Å². The van der Waals surface area contributed by atoms with Crippen LogP contribution in [0.5, 0.6) is 0 Å². The Morgan fingerprint density at radius 2 is 1.43 bits per heavy atom. The summed E-state index contributed by atoms with van der Waals surface area (Å²) in [5.41, 5.74) is 5.11. The van der Waals surface area contributed by atoms with Crippen LogP contribution in [0.25, 0.3) is 22.4 Å². The average Bonchev–Trinajstić information content (AvgIpc) is 3.28. The summed E-state index contributed by atoms with van der Waals surface area (Å²) in [4.78, 5) is 33.2. The molecule has 5 aromatic rings. The molecule has 0 fully saturated rings. The van der Waals surface area contributed by atoms with Gasteiger partial charge in [0.2, 0.25) is 0 Å². The van der Waals surface area contributed by atoms with Crippen LogP contribution in [0.2, 0.25) is 15.1 Å². The summed E-state index contributed by atoms with van der Waals surface area (Å²) in [5.74, 6) is -0.0412. The highest BCUT2D eigenvalue weighted by atomic mass is 35.5. The van der Waals surface area contributed by atoms with Gasteiger partial charge in [-0.25, -0.2) is 4.98 Å². The third-order valence-electron chi connectivity index (χ3n) is 5.71. The number of hydrogen-bond donors (Lipinski definition) is 3. The van der Waals surface area contributed by atoms with Crippen molar-refractivity contribution >= 4 is 69.0 Å². The second-order valence-corrected chi connectivity index (χ2v) is 9.60. The second-order valence-electron chi connectivity index (χ2n) is 8.38. The maximum atomic E-state index is 12.7. The number of carbonyl (C=O) groups is 2. The van der Waals surface area contributed by atoms with E-state index in [2.05, 4.69) is 20.6 Å². The molecule has 1 aromatic heterocycles. The van der Waals surface area contributed by atoms with Crippen molar-refractivity contribution < 1.29 is 9.59 Å². The smallest absolute Gasteiger partial charge is 0.258 e. The van der Waals surface area contributed by atoms with Gasteiger partial charge in [-0.1, -0.05) is 46.9 Å². The van der Waals surface area contributed by atoms with Gasteiger partial charge in [0.25, 0.3) is 11.8 Å². The van der Waals surface area contributed by atoms with Crippen molar-refractivity contribution in [3.63, 3.8) is 0 Å². The SMILES string of the molecule is Cc1ccc(C(=O)Nc2ccc(-c3nc4ccc(NC(=O)c5c(Cl)cccc5Cl)cc4[nH]3)cc2)c(Cl)c1. The molecule has 4 aromatic carbocycles. The molecule has 6 nitrogen and oxygen atoms in total. The van der Waals surface area contributed by atoms with Crippen LogP contribution in [0.15, 0.2) is 78.9 Å². The molecule has 184 valence electrons. The predicted molar refractivity (Wildman–Crippen MR) is 150 cm³/mol. The molecule has 2 amide bonds. The second kappa shape index (κ2) is 10.3. The zero-order valence-electron chi connectivity index (χ0n) is 19.4. The van der Waals surface area contributed by atoms with Gasteiger partial charge in [-0.3, -0.25) is 9.59 Å². The molecule has 37 heavy (non-hydrogen) atoms. The lowest BCUT2D eigenvalue weighted by Crippen LogP contribution is -2.13. The molecule has 0 aliphatic rings. The molecular weight excluding hydrogens is 531 g/mol. The normalized spacial score (nSPS) is 10.9. The Bertz CT molecular complexity index is 1640. The fraction of sp³-hybridized carbons (Fsp3) is 0.0357. The van der Waals surface area contributed by atoms with Gasteiger partial charge in [0.05, 0.1) is 37.2 Å². The fourth-order valence-electron chi connectivity index (χ4n) is 3.85. The lowest BCUT2D eigenvalue weighted by Gasteiger charge is -2.08. The van der Waals surface area contributed by atoms with Crippen LogP contribution >= 0.6 is 34.8 Å². The van der Waals surface area contributed by atoms with Crippen LogP contribution in [-0.4, -0.2) is 21.8 Å². The minimum Gasteiger partial charge on any atom is -0.338 e. The largest absolute Gasteiger partial charge is 0.338 e. The molecule has 0 atom stereocenters. The number of nitrogens with zero attached hydrogens (tertiary/aromatic N) is 1. The van der Waals surface area contributed by atoms with E-state index in [1.54, 1.807) is 60.7 Å². The average molecular weight is 550 g/mol. The van der Waals surface area contributed by atoms with Gasteiger partial charge in [0.1, 0.15) is 5.82 Å². The topological polar surface area (TPSA) is 86.9 Å². The maximum absolute atomic E-state index is 12.7. The number of rotatable bonds is 5. The molecule has 0 aliphatic carbocycles. The van der Waals surface area contributed by atoms with Gasteiger partial charge < -0.3 is 15.6 Å². The number of H-pyrrole nitrogens is 1. The first-order chi connectivity index (χ1) is 17.8. The summed E-state index contributed by atoms with van der Waals surface area (Å²) in [6, 6.07) is 22.8. The lowest BCUT2D eigenvalue weighted by molar-refractivity contribution is 0.101. The number of imidazole rings is 1. The number of amides is 2. The predicted octanol–water partition coefficient (Wildman–Crippen LogP) is 8.00. The van der Waals surface area contributed by atoms with Crippen molar-refractivity contribution in [3.05, 3.63) is 111 Å². The Kier molecular flexibility index (Phi) is 6.89. The zero-order valence-corrected chi connectivity index (χ0v) is 21.7. The Hall–Kier alpha value is -3.84. The lowest BCUT2D eigenvalue weighted by atomic mass is 10.1. The number of aryl methyl sites for hydroxylation is 1. The van der Waals surface area contributed by atoms with E-state index in [4.69, 9.17) is 34.8 Å². The van der Waals surface area contributed by atoms with E-state index < -0.39 is 5.91 Å². The number of fused-ring (bicyclic) bond motifs is 1. The van der Waals surface area contributed by atoms with E-state index in [-0.39, 0.29) is 21.5 Å². The van der Waals surface area contributed by atoms with Crippen molar-refractivity contribution in [2.45, 2.75) is 6.92 Å². The minimum absolute atomic E-state index is 0.216. The van der Waals surface area contributed by atoms with E-state index in [9.17, 15) is 9.59 Å². The molecule has 9 heteroatoms. The van der Waals surface area contributed by atoms with E-state index in [1.165, 1.54) is 0 Å². The molecule has 0 unspecified atom stereocenters. The van der Waals surface area contributed by atoms with Gasteiger partial charge >= 0.3 is 0 Å². The van der Waals surface area contributed by atoms with E-state index in [1.807, 2.05) is 25.1 Å². The van der Waals surface area contributed by atoms with Crippen LogP contribution in [0.1, 0.15) is 26.3 Å². The number of aromatic nitrogens is 2. The van der Waals surface area contributed by atoms with E-state index in [0.717, 1.165) is 22.2 Å². The zero-order chi connectivity index (χ0) is 26.1. The fourth-order valence-corrected chi connectivity index (χ4v) is 4.74. The highest BCUT2D eigenvalue weighted by Crippen LogP contribution is 2.28. The molecule has 0 saturated heterocycles. The molecule has 5 rings (SSSR count). The molecule has 0 saturated carbocycles. The quantitative estimate of drug-likeness (QED) is 0.207. The highest BCUT2D eigenvalue weighted by molar-refractivity contribution is 6.40. The monoisotopic (exact) mass is 548 g/mol. The number of aromatic amines is 1. The molecule has 0 aliphatic heterocycles. The number of hydrogen-bond acceptors (Lipinski definition) is 3. The van der Waals surface area contributed by atoms with Crippen molar-refractivity contribution in [2.24, 2.45) is 0 Å². The van der Waals surface area contributed by atoms with Gasteiger partial charge in [-0.2, -0.15) is 0 Å². The summed E-state index contributed by atoms with van der Waals surface area (Å²) >= 11 is 18.5. The van der Waals surface area contributed by atoms with Crippen LogP contribution in [-0.2, 0) is 0 Å². The standard InChI is InChI=1S/C28H19Cl3N4O2/c1-15-5-11-19(22(31)13-15)27(36)32-17-8-6-16(7-9-17)26-34-23-12-10-18(14-24(23)35-26)33-28(37)25-20(29)3-2-4-21(25)30/h2-14H,1H3,(H,32,36)(H,33,37)(H,34,35). The summed E-state index contributed by atoms with van der Waals surface area (Å²) in [7, 11) is 0. The van der Waals surface area contributed by atoms with Gasteiger partial charge in [-0.15, -0.1) is 0 Å². The third kappa shape index (κ3) is 5.32. The Morgan fingerprint density at radius 3 is 2.14 bits per heavy atom. The highest BCUT2D eigenvalue weighted by Gasteiger charge is 2.16. The van der Waals surface area contributed by atoms with Crippen molar-refractivity contribution in [3.8, 4) is 11.4 Å². The Morgan fingerprint density at radius 1 is 0.757 bits per heavy atom. The van der Waals surface area contributed by atoms with Gasteiger partial charge in [0.15, 0.2) is 0 Å². The maximum Gasteiger partial charge on any atom is 0.258 e. The molecule has 1 heterocycles. The number of anilines is 2. The summed E-state index contributed by atoms with van der Waals surface area (Å²) in [5, 5.41) is 6.63. The minimum atomic E-state index is -0.403. The summed E-state index contributed by atoms with van der Waals surface area (Å²) in [6.07, 6.45) is 0. The summed E-state index contributed by atoms with van der Waals surface area (Å²) in [6.45, 7) is 1.91. The Labute approximate surface area is 227 Å². The van der Waals surface area contributed by atoms with Crippen LogP contribution < -0.4 is 10.6 Å². The number of nitrogens with one attached hydrogen (secondary N) is 3. The number of benzene rings is 4. The Balaban J connectivity index is 1.32. The van der Waals surface area contributed by atoms with E-state index >= 15 is 0 Å². The molecule has 3 N–H and O–H groups in total. The first kappa shape index (κ1) is 24.8. The first-order valence-corrected chi connectivity index (χ1v) is 12.3. The third-order valence-corrected chi connectivity index (χ3v) is 6.66. The van der Waals surface area contributed by atoms with Gasteiger partial charge in [-0.05, 0) is 79.2 Å². The molecular formula is C28H19Cl3N4O2.